The summed E-state index contributed by atoms with van der Waals surface area (Å²) < 4.78 is 5.21. The minimum Gasteiger partial charge on any atom is -0.444 e. The van der Waals surface area contributed by atoms with Crippen molar-refractivity contribution >= 4 is 6.09 Å². The molecule has 0 aromatic carbocycles. The number of amides is 1. The van der Waals surface area contributed by atoms with Gasteiger partial charge in [-0.05, 0) is 33.6 Å². The van der Waals surface area contributed by atoms with Crippen LogP contribution >= 0.6 is 0 Å². The average molecular weight is 250 g/mol. The van der Waals surface area contributed by atoms with Crippen molar-refractivity contribution < 1.29 is 9.53 Å². The highest BCUT2D eigenvalue weighted by atomic mass is 16.6. The van der Waals surface area contributed by atoms with Gasteiger partial charge in [0.15, 0.2) is 0 Å². The number of allylic oxidation sites excluding steroid dienone is 1. The first kappa shape index (κ1) is 14.6. The molecule has 0 aromatic heterocycles. The van der Waals surface area contributed by atoms with E-state index in [1.165, 1.54) is 6.08 Å². The normalized spacial score (nSPS) is 18.6. The third-order valence-corrected chi connectivity index (χ3v) is 3.09. The number of nitrogens with zero attached hydrogens (tertiary/aromatic N) is 1. The number of ether oxygens (including phenoxy) is 1. The Morgan fingerprint density at radius 1 is 1.44 bits per heavy atom. The quantitative estimate of drug-likeness (QED) is 0.783. The largest absolute Gasteiger partial charge is 0.444 e. The third kappa shape index (κ3) is 4.79. The van der Waals surface area contributed by atoms with E-state index in [2.05, 4.69) is 5.32 Å². The van der Waals surface area contributed by atoms with Gasteiger partial charge in [-0.25, -0.2) is 4.79 Å². The molecule has 0 radical (unpaired) electrons. The van der Waals surface area contributed by atoms with Gasteiger partial charge in [0.05, 0.1) is 6.07 Å². The monoisotopic (exact) mass is 250 g/mol. The van der Waals surface area contributed by atoms with Crippen LogP contribution in [0.25, 0.3) is 0 Å². The highest BCUT2D eigenvalue weighted by Gasteiger charge is 2.32. The van der Waals surface area contributed by atoms with Crippen LogP contribution in [-0.2, 0) is 4.74 Å². The topological polar surface area (TPSA) is 62.1 Å². The van der Waals surface area contributed by atoms with E-state index in [0.29, 0.717) is 6.54 Å². The van der Waals surface area contributed by atoms with Gasteiger partial charge < -0.3 is 10.1 Å². The average Bonchev–Trinajstić information content (AvgIpc) is 2.71. The van der Waals surface area contributed by atoms with E-state index in [1.807, 2.05) is 32.9 Å². The molecule has 4 heteroatoms. The molecule has 0 saturated heterocycles. The van der Waals surface area contributed by atoms with Crippen LogP contribution in [0.5, 0.6) is 0 Å². The smallest absolute Gasteiger partial charge is 0.407 e. The van der Waals surface area contributed by atoms with Gasteiger partial charge in [-0.3, -0.25) is 0 Å². The maximum Gasteiger partial charge on any atom is 0.407 e. The van der Waals surface area contributed by atoms with Gasteiger partial charge in [-0.15, -0.1) is 0 Å². The molecular weight excluding hydrogens is 228 g/mol. The summed E-state index contributed by atoms with van der Waals surface area (Å²) in [6.07, 6.45) is 7.37. The molecule has 1 aliphatic carbocycles. The zero-order valence-electron chi connectivity index (χ0n) is 11.5. The van der Waals surface area contributed by atoms with Crippen LogP contribution in [0.1, 0.15) is 46.5 Å². The number of alkyl carbamates (subject to hydrolysis) is 1. The molecule has 0 spiro atoms. The molecule has 1 aliphatic rings. The highest BCUT2D eigenvalue weighted by molar-refractivity contribution is 5.67. The van der Waals surface area contributed by atoms with Gasteiger partial charge in [-0.2, -0.15) is 5.26 Å². The molecule has 1 saturated carbocycles. The summed E-state index contributed by atoms with van der Waals surface area (Å²) >= 11 is 0. The maximum atomic E-state index is 11.6. The number of rotatable bonds is 3. The van der Waals surface area contributed by atoms with Crippen molar-refractivity contribution in [3.05, 3.63) is 12.2 Å². The zero-order valence-corrected chi connectivity index (χ0v) is 11.5. The third-order valence-electron chi connectivity index (χ3n) is 3.09. The summed E-state index contributed by atoms with van der Waals surface area (Å²) in [6, 6.07) is 2.02. The first-order valence-electron chi connectivity index (χ1n) is 6.41. The van der Waals surface area contributed by atoms with Crippen LogP contribution < -0.4 is 5.32 Å². The fourth-order valence-corrected chi connectivity index (χ4v) is 2.26. The van der Waals surface area contributed by atoms with Crippen LogP contribution in [0.2, 0.25) is 0 Å². The highest BCUT2D eigenvalue weighted by Crippen LogP contribution is 2.38. The van der Waals surface area contributed by atoms with Gasteiger partial charge in [0.1, 0.15) is 5.60 Å². The number of carbonyl (C=O) groups is 1. The van der Waals surface area contributed by atoms with Crippen molar-refractivity contribution in [2.45, 2.75) is 52.1 Å². The molecule has 18 heavy (non-hydrogen) atoms. The lowest BCUT2D eigenvalue weighted by atomic mass is 9.86. The van der Waals surface area contributed by atoms with E-state index in [-0.39, 0.29) is 11.5 Å². The number of carbonyl (C=O) groups excluding carboxylic acids is 1. The molecule has 1 rings (SSSR count). The number of hydrogen-bond acceptors (Lipinski definition) is 3. The van der Waals surface area contributed by atoms with Crippen LogP contribution in [0.4, 0.5) is 4.79 Å². The molecule has 0 aromatic rings. The summed E-state index contributed by atoms with van der Waals surface area (Å²) in [5, 5.41) is 11.4. The molecule has 0 heterocycles. The molecular formula is C14H22N2O2. The Morgan fingerprint density at radius 3 is 2.56 bits per heavy atom. The van der Waals surface area contributed by atoms with Crippen LogP contribution in [0.3, 0.4) is 0 Å². The van der Waals surface area contributed by atoms with E-state index in [1.54, 1.807) is 0 Å². The number of nitrogens with one attached hydrogen (secondary N) is 1. The lowest BCUT2D eigenvalue weighted by Gasteiger charge is -2.26. The van der Waals surface area contributed by atoms with Gasteiger partial charge >= 0.3 is 6.09 Å². The van der Waals surface area contributed by atoms with Crippen LogP contribution in [-0.4, -0.2) is 18.2 Å². The molecule has 1 amide bonds. The Morgan fingerprint density at radius 2 is 2.06 bits per heavy atom. The lowest BCUT2D eigenvalue weighted by molar-refractivity contribution is 0.0510. The Kier molecular flexibility index (Phi) is 4.77. The van der Waals surface area contributed by atoms with Gasteiger partial charge in [-0.1, -0.05) is 18.9 Å². The maximum absolute atomic E-state index is 11.6. The van der Waals surface area contributed by atoms with Crippen molar-refractivity contribution in [3.63, 3.8) is 0 Å². The Balaban J connectivity index is 2.51. The first-order chi connectivity index (χ1) is 8.37. The van der Waals surface area contributed by atoms with E-state index in [0.717, 1.165) is 25.7 Å². The molecule has 1 fully saturated rings. The van der Waals surface area contributed by atoms with E-state index < -0.39 is 5.60 Å². The standard InChI is InChI=1S/C14H22N2O2/c1-13(2,3)18-12(17)16-11-14(9-6-10-15)7-4-5-8-14/h6,9H,4-5,7-8,11H2,1-3H3,(H,16,17)/b9-6+. The molecule has 0 aliphatic heterocycles. The second-order valence-corrected chi connectivity index (χ2v) is 5.89. The van der Waals surface area contributed by atoms with Crippen molar-refractivity contribution in [2.24, 2.45) is 5.41 Å². The fraction of sp³-hybridized carbons (Fsp3) is 0.714. The Hall–Kier alpha value is -1.50. The minimum absolute atomic E-state index is 0.0629. The number of nitriles is 1. The minimum atomic E-state index is -0.477. The van der Waals surface area contributed by atoms with Gasteiger partial charge in [0.2, 0.25) is 0 Å². The summed E-state index contributed by atoms with van der Waals surface area (Å²) in [7, 11) is 0. The molecule has 1 N–H and O–H groups in total. The predicted molar refractivity (Wildman–Crippen MR) is 69.9 cm³/mol. The summed E-state index contributed by atoms with van der Waals surface area (Å²) in [5.41, 5.74) is -0.540. The second-order valence-electron chi connectivity index (χ2n) is 5.89. The van der Waals surface area contributed by atoms with Crippen LogP contribution in [0, 0.1) is 16.7 Å². The molecule has 0 unspecified atom stereocenters. The van der Waals surface area contributed by atoms with Crippen molar-refractivity contribution in [2.75, 3.05) is 6.54 Å². The fourth-order valence-electron chi connectivity index (χ4n) is 2.26. The van der Waals surface area contributed by atoms with Crippen molar-refractivity contribution in [3.8, 4) is 6.07 Å². The van der Waals surface area contributed by atoms with Crippen LogP contribution in [0.15, 0.2) is 12.2 Å². The van der Waals surface area contributed by atoms with E-state index in [4.69, 9.17) is 10.00 Å². The zero-order chi connectivity index (χ0) is 13.6. The van der Waals surface area contributed by atoms with Crippen molar-refractivity contribution in [1.29, 1.82) is 5.26 Å². The summed E-state index contributed by atoms with van der Waals surface area (Å²) in [4.78, 5) is 11.6. The molecule has 0 atom stereocenters. The SMILES string of the molecule is CC(C)(C)OC(=O)NCC1(/C=C/C#N)CCCC1. The predicted octanol–water partition coefficient (Wildman–Crippen LogP) is 3.15. The number of hydrogen-bond donors (Lipinski definition) is 1. The molecule has 100 valence electrons. The van der Waals surface area contributed by atoms with Crippen molar-refractivity contribution in [1.82, 2.24) is 5.32 Å². The van der Waals surface area contributed by atoms with Gasteiger partial charge in [0.25, 0.3) is 0 Å². The second kappa shape index (κ2) is 5.90. The lowest BCUT2D eigenvalue weighted by Crippen LogP contribution is -2.38. The van der Waals surface area contributed by atoms with E-state index in [9.17, 15) is 4.79 Å². The van der Waals surface area contributed by atoms with Gasteiger partial charge in [0, 0.05) is 18.0 Å². The molecule has 0 bridgehead atoms. The molecule has 4 nitrogen and oxygen atoms in total. The summed E-state index contributed by atoms with van der Waals surface area (Å²) in [6.45, 7) is 6.06. The summed E-state index contributed by atoms with van der Waals surface area (Å²) in [5.74, 6) is 0. The van der Waals surface area contributed by atoms with E-state index >= 15 is 0 Å². The first-order valence-corrected chi connectivity index (χ1v) is 6.41. The Bertz CT molecular complexity index is 355. The Labute approximate surface area is 109 Å².